The van der Waals surface area contributed by atoms with Crippen LogP contribution in [0.25, 0.3) is 0 Å². The van der Waals surface area contributed by atoms with Gasteiger partial charge in [-0.25, -0.2) is 4.79 Å². The number of carbonyl (C=O) groups excluding carboxylic acids is 2. The van der Waals surface area contributed by atoms with E-state index in [0.717, 1.165) is 19.3 Å². The normalized spacial score (nSPS) is 28.6. The third-order valence-corrected chi connectivity index (χ3v) is 3.46. The van der Waals surface area contributed by atoms with Gasteiger partial charge in [0.15, 0.2) is 0 Å². The lowest BCUT2D eigenvalue weighted by molar-refractivity contribution is -0.127. The number of alkyl carbamates (subject to hydrolysis) is 1. The Labute approximate surface area is 108 Å². The van der Waals surface area contributed by atoms with Crippen molar-refractivity contribution in [3.8, 4) is 0 Å². The molecule has 104 valence electrons. The van der Waals surface area contributed by atoms with Crippen molar-refractivity contribution in [3.05, 3.63) is 0 Å². The quantitative estimate of drug-likeness (QED) is 0.792. The summed E-state index contributed by atoms with van der Waals surface area (Å²) in [4.78, 5) is 23.6. The third-order valence-electron chi connectivity index (χ3n) is 3.46. The molecule has 1 fully saturated rings. The van der Waals surface area contributed by atoms with Gasteiger partial charge in [0.05, 0.1) is 0 Å². The third kappa shape index (κ3) is 3.37. The number of hydrogen-bond acceptors (Lipinski definition) is 3. The van der Waals surface area contributed by atoms with Gasteiger partial charge in [0, 0.05) is 0 Å². The number of ether oxygens (including phenoxy) is 1. The molecule has 1 rings (SSSR count). The fourth-order valence-electron chi connectivity index (χ4n) is 2.45. The van der Waals surface area contributed by atoms with Gasteiger partial charge in [0.25, 0.3) is 0 Å². The summed E-state index contributed by atoms with van der Waals surface area (Å²) in [6.45, 7) is 7.30. The molecule has 0 aliphatic heterocycles. The largest absolute Gasteiger partial charge is 0.444 e. The Kier molecular flexibility index (Phi) is 4.24. The smallest absolute Gasteiger partial charge is 0.408 e. The van der Waals surface area contributed by atoms with E-state index >= 15 is 0 Å². The second-order valence-electron chi connectivity index (χ2n) is 6.11. The van der Waals surface area contributed by atoms with Crippen molar-refractivity contribution >= 4 is 12.0 Å². The van der Waals surface area contributed by atoms with Crippen LogP contribution >= 0.6 is 0 Å². The minimum atomic E-state index is -0.958. The maximum absolute atomic E-state index is 11.8. The minimum Gasteiger partial charge on any atom is -0.444 e. The van der Waals surface area contributed by atoms with Crippen LogP contribution in [0.15, 0.2) is 0 Å². The zero-order chi connectivity index (χ0) is 14.0. The lowest BCUT2D eigenvalue weighted by Crippen LogP contribution is -2.63. The highest BCUT2D eigenvalue weighted by Gasteiger charge is 2.45. The molecule has 2 amide bonds. The first-order valence-corrected chi connectivity index (χ1v) is 6.48. The molecular formula is C13H24N2O3. The number of primary amides is 1. The summed E-state index contributed by atoms with van der Waals surface area (Å²) in [5.74, 6) is -0.433. The predicted molar refractivity (Wildman–Crippen MR) is 68.9 cm³/mol. The van der Waals surface area contributed by atoms with Gasteiger partial charge in [0.2, 0.25) is 5.91 Å². The van der Waals surface area contributed by atoms with Crippen LogP contribution < -0.4 is 11.1 Å². The van der Waals surface area contributed by atoms with E-state index < -0.39 is 23.1 Å². The average molecular weight is 256 g/mol. The predicted octanol–water partition coefficient (Wildman–Crippen LogP) is 1.95. The number of rotatable bonds is 2. The molecule has 2 unspecified atom stereocenters. The Balaban J connectivity index is 2.80. The van der Waals surface area contributed by atoms with E-state index in [1.165, 1.54) is 0 Å². The first kappa shape index (κ1) is 14.8. The van der Waals surface area contributed by atoms with Crippen molar-refractivity contribution in [3.63, 3.8) is 0 Å². The Morgan fingerprint density at radius 1 is 1.33 bits per heavy atom. The minimum absolute atomic E-state index is 0.0382. The SMILES string of the molecule is CC1CCCCC1(NC(=O)OC(C)(C)C)C(N)=O. The fraction of sp³-hybridized carbons (Fsp3) is 0.846. The Morgan fingerprint density at radius 3 is 2.39 bits per heavy atom. The van der Waals surface area contributed by atoms with Crippen molar-refractivity contribution in [2.45, 2.75) is 64.5 Å². The zero-order valence-corrected chi connectivity index (χ0v) is 11.7. The lowest BCUT2D eigenvalue weighted by Gasteiger charge is -2.40. The number of nitrogens with one attached hydrogen (secondary N) is 1. The van der Waals surface area contributed by atoms with Crippen LogP contribution in [0.4, 0.5) is 4.79 Å². The number of hydrogen-bond donors (Lipinski definition) is 2. The van der Waals surface area contributed by atoms with Gasteiger partial charge in [0.1, 0.15) is 11.1 Å². The van der Waals surface area contributed by atoms with Gasteiger partial charge in [-0.15, -0.1) is 0 Å². The highest BCUT2D eigenvalue weighted by molar-refractivity contribution is 5.89. The van der Waals surface area contributed by atoms with Crippen LogP contribution in [0, 0.1) is 5.92 Å². The summed E-state index contributed by atoms with van der Waals surface area (Å²) in [5, 5.41) is 2.70. The molecular weight excluding hydrogens is 232 g/mol. The summed E-state index contributed by atoms with van der Waals surface area (Å²) in [6.07, 6.45) is 2.85. The summed E-state index contributed by atoms with van der Waals surface area (Å²) in [7, 11) is 0. The van der Waals surface area contributed by atoms with E-state index in [9.17, 15) is 9.59 Å². The molecule has 0 aromatic carbocycles. The summed E-state index contributed by atoms with van der Waals surface area (Å²) in [6, 6.07) is 0. The number of amides is 2. The zero-order valence-electron chi connectivity index (χ0n) is 11.7. The monoisotopic (exact) mass is 256 g/mol. The van der Waals surface area contributed by atoms with Crippen molar-refractivity contribution in [1.29, 1.82) is 0 Å². The average Bonchev–Trinajstić information content (AvgIpc) is 2.18. The van der Waals surface area contributed by atoms with Crippen LogP contribution in [-0.4, -0.2) is 23.1 Å². The van der Waals surface area contributed by atoms with E-state index in [2.05, 4.69) is 5.32 Å². The van der Waals surface area contributed by atoms with Crippen LogP contribution in [0.5, 0.6) is 0 Å². The molecule has 2 atom stereocenters. The molecule has 1 saturated carbocycles. The summed E-state index contributed by atoms with van der Waals surface area (Å²) in [5.41, 5.74) is 3.96. The van der Waals surface area contributed by atoms with E-state index in [1.54, 1.807) is 20.8 Å². The van der Waals surface area contributed by atoms with Gasteiger partial charge in [-0.1, -0.05) is 19.8 Å². The molecule has 5 heteroatoms. The molecule has 1 aliphatic carbocycles. The molecule has 1 aliphatic rings. The van der Waals surface area contributed by atoms with Crippen molar-refractivity contribution in [2.24, 2.45) is 11.7 Å². The molecule has 18 heavy (non-hydrogen) atoms. The molecule has 0 aromatic heterocycles. The maximum Gasteiger partial charge on any atom is 0.408 e. The molecule has 0 aromatic rings. The summed E-state index contributed by atoms with van der Waals surface area (Å²) < 4.78 is 5.21. The second kappa shape index (κ2) is 5.16. The van der Waals surface area contributed by atoms with Gasteiger partial charge in [-0.2, -0.15) is 0 Å². The maximum atomic E-state index is 11.8. The van der Waals surface area contributed by atoms with Gasteiger partial charge in [-0.3, -0.25) is 4.79 Å². The summed E-state index contributed by atoms with van der Waals surface area (Å²) >= 11 is 0. The Bertz CT molecular complexity index is 336. The fourth-order valence-corrected chi connectivity index (χ4v) is 2.45. The Hall–Kier alpha value is -1.26. The number of nitrogens with two attached hydrogens (primary N) is 1. The van der Waals surface area contributed by atoms with Crippen LogP contribution in [-0.2, 0) is 9.53 Å². The van der Waals surface area contributed by atoms with Crippen LogP contribution in [0.3, 0.4) is 0 Å². The lowest BCUT2D eigenvalue weighted by atomic mass is 9.73. The van der Waals surface area contributed by atoms with E-state index in [1.807, 2.05) is 6.92 Å². The van der Waals surface area contributed by atoms with Crippen molar-refractivity contribution in [1.82, 2.24) is 5.32 Å². The van der Waals surface area contributed by atoms with Crippen molar-refractivity contribution in [2.75, 3.05) is 0 Å². The molecule has 5 nitrogen and oxygen atoms in total. The molecule has 0 spiro atoms. The van der Waals surface area contributed by atoms with Gasteiger partial charge in [-0.05, 0) is 39.5 Å². The number of carbonyl (C=O) groups is 2. The highest BCUT2D eigenvalue weighted by Crippen LogP contribution is 2.33. The standard InChI is InChI=1S/C13H24N2O3/c1-9-7-5-6-8-13(9,10(14)16)15-11(17)18-12(2,3)4/h9H,5-8H2,1-4H3,(H2,14,16)(H,15,17). The molecule has 0 saturated heterocycles. The Morgan fingerprint density at radius 2 is 1.94 bits per heavy atom. The molecule has 0 radical (unpaired) electrons. The van der Waals surface area contributed by atoms with E-state index in [0.29, 0.717) is 6.42 Å². The molecule has 0 heterocycles. The highest BCUT2D eigenvalue weighted by atomic mass is 16.6. The van der Waals surface area contributed by atoms with Crippen LogP contribution in [0.2, 0.25) is 0 Å². The first-order chi connectivity index (χ1) is 8.17. The van der Waals surface area contributed by atoms with Gasteiger partial charge < -0.3 is 15.8 Å². The van der Waals surface area contributed by atoms with Crippen LogP contribution in [0.1, 0.15) is 53.4 Å². The second-order valence-corrected chi connectivity index (χ2v) is 6.11. The topological polar surface area (TPSA) is 81.4 Å². The van der Waals surface area contributed by atoms with Crippen molar-refractivity contribution < 1.29 is 14.3 Å². The van der Waals surface area contributed by atoms with Gasteiger partial charge >= 0.3 is 6.09 Å². The first-order valence-electron chi connectivity index (χ1n) is 6.48. The molecule has 0 bridgehead atoms. The molecule has 3 N–H and O–H groups in total. The van der Waals surface area contributed by atoms with E-state index in [-0.39, 0.29) is 5.92 Å². The van der Waals surface area contributed by atoms with E-state index in [4.69, 9.17) is 10.5 Å².